The van der Waals surface area contributed by atoms with Crippen molar-refractivity contribution in [3.05, 3.63) is 35.9 Å². The van der Waals surface area contributed by atoms with E-state index in [1.165, 1.54) is 13.3 Å². The monoisotopic (exact) mass is 359 g/mol. The SMILES string of the molecule is C=CCc1cc(/C=N\NC(=O)CC#N)cc(OCC)c1OCC(=O)OC. The molecule has 8 nitrogen and oxygen atoms in total. The summed E-state index contributed by atoms with van der Waals surface area (Å²) in [5.41, 5.74) is 3.63. The maximum Gasteiger partial charge on any atom is 0.343 e. The largest absolute Gasteiger partial charge is 0.490 e. The molecule has 0 bridgehead atoms. The van der Waals surface area contributed by atoms with E-state index in [-0.39, 0.29) is 13.0 Å². The van der Waals surface area contributed by atoms with Crippen LogP contribution in [0, 0.1) is 11.3 Å². The fraction of sp³-hybridized carbons (Fsp3) is 0.333. The molecule has 0 heterocycles. The van der Waals surface area contributed by atoms with E-state index in [0.29, 0.717) is 30.1 Å². The second kappa shape index (κ2) is 11.3. The van der Waals surface area contributed by atoms with Crippen molar-refractivity contribution in [2.24, 2.45) is 5.10 Å². The molecule has 0 unspecified atom stereocenters. The molecule has 0 aliphatic carbocycles. The zero-order chi connectivity index (χ0) is 19.4. The quantitative estimate of drug-likeness (QED) is 0.295. The number of nitrogens with one attached hydrogen (secondary N) is 1. The predicted octanol–water partition coefficient (Wildman–Crippen LogP) is 1.73. The minimum absolute atomic E-state index is 0.252. The number of nitrogens with zero attached hydrogens (tertiary/aromatic N) is 2. The first-order valence-corrected chi connectivity index (χ1v) is 7.84. The smallest absolute Gasteiger partial charge is 0.343 e. The van der Waals surface area contributed by atoms with E-state index >= 15 is 0 Å². The summed E-state index contributed by atoms with van der Waals surface area (Å²) in [5, 5.41) is 12.3. The Kier molecular flexibility index (Phi) is 8.96. The maximum atomic E-state index is 11.4. The number of esters is 1. The van der Waals surface area contributed by atoms with Crippen LogP contribution in [0.3, 0.4) is 0 Å². The minimum Gasteiger partial charge on any atom is -0.490 e. The average molecular weight is 359 g/mol. The van der Waals surface area contributed by atoms with Gasteiger partial charge in [0.15, 0.2) is 18.1 Å². The van der Waals surface area contributed by atoms with Gasteiger partial charge in [-0.1, -0.05) is 6.08 Å². The molecule has 0 saturated heterocycles. The van der Waals surface area contributed by atoms with E-state index in [0.717, 1.165) is 5.56 Å². The van der Waals surface area contributed by atoms with Crippen LogP contribution in [-0.2, 0) is 20.7 Å². The zero-order valence-electron chi connectivity index (χ0n) is 14.8. The molecule has 1 rings (SSSR count). The molecule has 0 radical (unpaired) electrons. The van der Waals surface area contributed by atoms with Crippen molar-refractivity contribution in [2.75, 3.05) is 20.3 Å². The summed E-state index contributed by atoms with van der Waals surface area (Å²) in [6, 6.07) is 5.18. The Balaban J connectivity index is 3.11. The first-order valence-electron chi connectivity index (χ1n) is 7.84. The lowest BCUT2D eigenvalue weighted by molar-refractivity contribution is -0.143. The molecule has 1 N–H and O–H groups in total. The van der Waals surface area contributed by atoms with Crippen molar-refractivity contribution < 1.29 is 23.8 Å². The first kappa shape index (κ1) is 20.7. The molecule has 0 spiro atoms. The highest BCUT2D eigenvalue weighted by molar-refractivity contribution is 5.84. The van der Waals surface area contributed by atoms with Gasteiger partial charge in [0.2, 0.25) is 0 Å². The molecule has 0 saturated carbocycles. The summed E-state index contributed by atoms with van der Waals surface area (Å²) in [5.74, 6) is -0.163. The molecule has 1 aromatic rings. The summed E-state index contributed by atoms with van der Waals surface area (Å²) in [6.45, 7) is 5.67. The van der Waals surface area contributed by atoms with Gasteiger partial charge in [0.1, 0.15) is 6.42 Å². The molecule has 8 heteroatoms. The fourth-order valence-corrected chi connectivity index (χ4v) is 1.97. The Morgan fingerprint density at radius 3 is 2.77 bits per heavy atom. The molecular weight excluding hydrogens is 338 g/mol. The molecule has 0 fully saturated rings. The molecule has 0 atom stereocenters. The highest BCUT2D eigenvalue weighted by atomic mass is 16.6. The Morgan fingerprint density at radius 1 is 1.38 bits per heavy atom. The standard InChI is InChI=1S/C18H21N3O5/c1-4-6-14-9-13(11-20-21-16(22)7-8-19)10-15(25-5-2)18(14)26-12-17(23)24-3/h4,9-11H,1,5-7,12H2,2-3H3,(H,21,22)/b20-11-. The summed E-state index contributed by atoms with van der Waals surface area (Å²) < 4.78 is 15.7. The van der Waals surface area contributed by atoms with E-state index in [2.05, 4.69) is 21.8 Å². The summed E-state index contributed by atoms with van der Waals surface area (Å²) >= 11 is 0. The number of ether oxygens (including phenoxy) is 3. The van der Waals surface area contributed by atoms with Crippen LogP contribution in [0.15, 0.2) is 29.9 Å². The third kappa shape index (κ3) is 6.65. The van der Waals surface area contributed by atoms with Gasteiger partial charge in [0.25, 0.3) is 5.91 Å². The summed E-state index contributed by atoms with van der Waals surface area (Å²) in [7, 11) is 1.28. The molecular formula is C18H21N3O5. The summed E-state index contributed by atoms with van der Waals surface area (Å²) in [4.78, 5) is 22.6. The van der Waals surface area contributed by atoms with Gasteiger partial charge >= 0.3 is 5.97 Å². The number of amides is 1. The second-order valence-electron chi connectivity index (χ2n) is 4.93. The lowest BCUT2D eigenvalue weighted by Gasteiger charge is -2.16. The molecule has 0 aliphatic heterocycles. The third-order valence-corrected chi connectivity index (χ3v) is 3.02. The van der Waals surface area contributed by atoms with E-state index in [1.54, 1.807) is 24.3 Å². The van der Waals surface area contributed by atoms with Crippen LogP contribution in [0.1, 0.15) is 24.5 Å². The van der Waals surface area contributed by atoms with Crippen LogP contribution < -0.4 is 14.9 Å². The Morgan fingerprint density at radius 2 is 2.15 bits per heavy atom. The fourth-order valence-electron chi connectivity index (χ4n) is 1.97. The van der Waals surface area contributed by atoms with Gasteiger partial charge in [0.05, 0.1) is 26.0 Å². The number of rotatable bonds is 10. The number of carbonyl (C=O) groups excluding carboxylic acids is 2. The lowest BCUT2D eigenvalue weighted by atomic mass is 10.1. The Labute approximate surface area is 152 Å². The normalized spacial score (nSPS) is 10.0. The van der Waals surface area contributed by atoms with E-state index in [1.807, 2.05) is 6.92 Å². The number of hydrazone groups is 1. The van der Waals surface area contributed by atoms with Gasteiger partial charge in [0, 0.05) is 5.56 Å². The first-order chi connectivity index (χ1) is 12.5. The molecule has 1 amide bonds. The van der Waals surface area contributed by atoms with Crippen molar-refractivity contribution in [2.45, 2.75) is 19.8 Å². The zero-order valence-corrected chi connectivity index (χ0v) is 14.8. The third-order valence-electron chi connectivity index (χ3n) is 3.02. The van der Waals surface area contributed by atoms with Gasteiger partial charge < -0.3 is 14.2 Å². The predicted molar refractivity (Wildman–Crippen MR) is 95.0 cm³/mol. The van der Waals surface area contributed by atoms with Gasteiger partial charge in [-0.25, -0.2) is 10.2 Å². The highest BCUT2D eigenvalue weighted by Crippen LogP contribution is 2.33. The van der Waals surface area contributed by atoms with E-state index in [4.69, 9.17) is 14.7 Å². The molecule has 26 heavy (non-hydrogen) atoms. The van der Waals surface area contributed by atoms with Crippen molar-refractivity contribution in [1.29, 1.82) is 5.26 Å². The Hall–Kier alpha value is -3.34. The van der Waals surface area contributed by atoms with E-state index in [9.17, 15) is 9.59 Å². The number of methoxy groups -OCH3 is 1. The number of carbonyl (C=O) groups is 2. The van der Waals surface area contributed by atoms with Crippen molar-refractivity contribution in [3.63, 3.8) is 0 Å². The van der Waals surface area contributed by atoms with Gasteiger partial charge in [-0.2, -0.15) is 10.4 Å². The van der Waals surface area contributed by atoms with Crippen molar-refractivity contribution in [1.82, 2.24) is 5.43 Å². The van der Waals surface area contributed by atoms with Crippen molar-refractivity contribution in [3.8, 4) is 17.6 Å². The average Bonchev–Trinajstić information content (AvgIpc) is 2.61. The Bertz CT molecular complexity index is 722. The van der Waals surface area contributed by atoms with E-state index < -0.39 is 11.9 Å². The summed E-state index contributed by atoms with van der Waals surface area (Å²) in [6.07, 6.45) is 3.31. The highest BCUT2D eigenvalue weighted by Gasteiger charge is 2.14. The van der Waals surface area contributed by atoms with Crippen LogP contribution in [-0.4, -0.2) is 38.4 Å². The minimum atomic E-state index is -0.511. The van der Waals surface area contributed by atoms with Crippen molar-refractivity contribution >= 4 is 18.1 Å². The molecule has 0 aliphatic rings. The van der Waals surface area contributed by atoms with Gasteiger partial charge in [-0.3, -0.25) is 4.79 Å². The number of allylic oxidation sites excluding steroid dienone is 1. The molecule has 138 valence electrons. The van der Waals surface area contributed by atoms with Gasteiger partial charge in [-0.05, 0) is 31.0 Å². The topological polar surface area (TPSA) is 110 Å². The van der Waals surface area contributed by atoms with Crippen LogP contribution in [0.25, 0.3) is 0 Å². The number of hydrogen-bond donors (Lipinski definition) is 1. The van der Waals surface area contributed by atoms with Crippen LogP contribution in [0.2, 0.25) is 0 Å². The number of nitriles is 1. The van der Waals surface area contributed by atoms with Crippen LogP contribution in [0.5, 0.6) is 11.5 Å². The van der Waals surface area contributed by atoms with Gasteiger partial charge in [-0.15, -0.1) is 6.58 Å². The van der Waals surface area contributed by atoms with Crippen LogP contribution >= 0.6 is 0 Å². The number of benzene rings is 1. The van der Waals surface area contributed by atoms with Crippen LogP contribution in [0.4, 0.5) is 0 Å². The number of hydrogen-bond acceptors (Lipinski definition) is 7. The lowest BCUT2D eigenvalue weighted by Crippen LogP contribution is -2.16. The molecule has 1 aromatic carbocycles. The maximum absolute atomic E-state index is 11.4. The second-order valence-corrected chi connectivity index (χ2v) is 4.93. The molecule has 0 aromatic heterocycles.